The highest BCUT2D eigenvalue weighted by Gasteiger charge is 2.41. The minimum atomic E-state index is -0.590. The van der Waals surface area contributed by atoms with E-state index >= 15 is 0 Å². The molecule has 1 unspecified atom stereocenters. The fourth-order valence-corrected chi connectivity index (χ4v) is 5.05. The first-order chi connectivity index (χ1) is 13.5. The van der Waals surface area contributed by atoms with Gasteiger partial charge in [-0.25, -0.2) is 0 Å². The zero-order valence-electron chi connectivity index (χ0n) is 15.9. The average Bonchev–Trinajstić information content (AvgIpc) is 3.27. The third-order valence-corrected chi connectivity index (χ3v) is 6.87. The van der Waals surface area contributed by atoms with Crippen molar-refractivity contribution in [1.29, 1.82) is 0 Å². The standard InChI is InChI=1S/C20H25N5O3/c26-17-2-1-16(18(27)23-17)25-11-15-14(19(25)28)9-13(10-22-15)24-7-4-20(5-8-24)3-6-21-12-20/h9-10,16,21H,1-8,11-12H2,(H,23,26,27). The zero-order valence-corrected chi connectivity index (χ0v) is 15.9. The van der Waals surface area contributed by atoms with E-state index in [4.69, 9.17) is 0 Å². The lowest BCUT2D eigenvalue weighted by Crippen LogP contribution is -2.52. The van der Waals surface area contributed by atoms with Crippen LogP contribution in [0.15, 0.2) is 12.3 Å². The largest absolute Gasteiger partial charge is 0.370 e. The number of hydrogen-bond donors (Lipinski definition) is 2. The summed E-state index contributed by atoms with van der Waals surface area (Å²) in [6, 6.07) is 1.34. The molecule has 8 heteroatoms. The molecule has 0 bridgehead atoms. The molecule has 4 aliphatic heterocycles. The topological polar surface area (TPSA) is 94.6 Å². The van der Waals surface area contributed by atoms with Gasteiger partial charge in [-0.3, -0.25) is 24.7 Å². The third-order valence-electron chi connectivity index (χ3n) is 6.87. The zero-order chi connectivity index (χ0) is 19.3. The van der Waals surface area contributed by atoms with Crippen LogP contribution in [-0.4, -0.2) is 59.8 Å². The highest BCUT2D eigenvalue weighted by Crippen LogP contribution is 2.38. The summed E-state index contributed by atoms with van der Waals surface area (Å²) >= 11 is 0. The van der Waals surface area contributed by atoms with E-state index in [1.54, 1.807) is 4.90 Å². The van der Waals surface area contributed by atoms with Gasteiger partial charge in [0.25, 0.3) is 5.91 Å². The summed E-state index contributed by atoms with van der Waals surface area (Å²) < 4.78 is 0. The first kappa shape index (κ1) is 17.6. The predicted octanol–water partition coefficient (Wildman–Crippen LogP) is 0.423. The molecule has 3 saturated heterocycles. The van der Waals surface area contributed by atoms with Crippen LogP contribution in [0.2, 0.25) is 0 Å². The van der Waals surface area contributed by atoms with E-state index in [1.165, 1.54) is 6.42 Å². The quantitative estimate of drug-likeness (QED) is 0.719. The minimum Gasteiger partial charge on any atom is -0.370 e. The van der Waals surface area contributed by atoms with Gasteiger partial charge in [0.15, 0.2) is 0 Å². The fraction of sp³-hybridized carbons (Fsp3) is 0.600. The van der Waals surface area contributed by atoms with Crippen molar-refractivity contribution in [3.8, 4) is 0 Å². The molecular formula is C20H25N5O3. The Labute approximate surface area is 163 Å². The summed E-state index contributed by atoms with van der Waals surface area (Å²) in [5, 5.41) is 5.82. The maximum absolute atomic E-state index is 13.0. The van der Waals surface area contributed by atoms with Crippen LogP contribution in [-0.2, 0) is 16.1 Å². The van der Waals surface area contributed by atoms with E-state index in [0.29, 0.717) is 29.6 Å². The van der Waals surface area contributed by atoms with E-state index < -0.39 is 6.04 Å². The van der Waals surface area contributed by atoms with Crippen molar-refractivity contribution in [3.05, 3.63) is 23.5 Å². The molecule has 3 amide bonds. The highest BCUT2D eigenvalue weighted by atomic mass is 16.2. The predicted molar refractivity (Wildman–Crippen MR) is 102 cm³/mol. The molecule has 3 fully saturated rings. The lowest BCUT2D eigenvalue weighted by atomic mass is 9.78. The van der Waals surface area contributed by atoms with Crippen LogP contribution in [0.1, 0.15) is 48.2 Å². The van der Waals surface area contributed by atoms with Gasteiger partial charge < -0.3 is 15.1 Å². The molecule has 0 radical (unpaired) electrons. The van der Waals surface area contributed by atoms with Crippen molar-refractivity contribution in [3.63, 3.8) is 0 Å². The number of nitrogens with zero attached hydrogens (tertiary/aromatic N) is 3. The molecule has 148 valence electrons. The van der Waals surface area contributed by atoms with Crippen LogP contribution in [0.5, 0.6) is 0 Å². The summed E-state index contributed by atoms with van der Waals surface area (Å²) in [6.45, 7) is 4.52. The Morgan fingerprint density at radius 3 is 2.68 bits per heavy atom. The molecule has 1 spiro atoms. The van der Waals surface area contributed by atoms with Crippen LogP contribution >= 0.6 is 0 Å². The number of imide groups is 1. The number of pyridine rings is 1. The Kier molecular flexibility index (Phi) is 4.12. The van der Waals surface area contributed by atoms with Gasteiger partial charge in [-0.05, 0) is 43.7 Å². The van der Waals surface area contributed by atoms with Crippen LogP contribution in [0.25, 0.3) is 0 Å². The molecular weight excluding hydrogens is 358 g/mol. The maximum atomic E-state index is 13.0. The molecule has 28 heavy (non-hydrogen) atoms. The van der Waals surface area contributed by atoms with E-state index in [1.807, 2.05) is 12.3 Å². The van der Waals surface area contributed by atoms with Crippen LogP contribution in [0, 0.1) is 5.41 Å². The minimum absolute atomic E-state index is 0.160. The van der Waals surface area contributed by atoms with Gasteiger partial charge in [-0.2, -0.15) is 0 Å². The molecule has 0 aromatic carbocycles. The van der Waals surface area contributed by atoms with E-state index in [-0.39, 0.29) is 24.1 Å². The average molecular weight is 383 g/mol. The molecule has 1 aromatic rings. The summed E-state index contributed by atoms with van der Waals surface area (Å²) in [6.07, 6.45) is 6.06. The van der Waals surface area contributed by atoms with Gasteiger partial charge in [0, 0.05) is 26.1 Å². The Morgan fingerprint density at radius 2 is 1.96 bits per heavy atom. The number of piperidine rings is 2. The summed E-state index contributed by atoms with van der Waals surface area (Å²) in [5.74, 6) is -0.817. The summed E-state index contributed by atoms with van der Waals surface area (Å²) in [4.78, 5) is 44.9. The van der Waals surface area contributed by atoms with Gasteiger partial charge in [0.1, 0.15) is 6.04 Å². The van der Waals surface area contributed by atoms with E-state index in [2.05, 4.69) is 20.5 Å². The van der Waals surface area contributed by atoms with Gasteiger partial charge in [0.05, 0.1) is 29.7 Å². The monoisotopic (exact) mass is 383 g/mol. The molecule has 1 aromatic heterocycles. The molecule has 1 atom stereocenters. The van der Waals surface area contributed by atoms with Gasteiger partial charge in [0.2, 0.25) is 11.8 Å². The van der Waals surface area contributed by atoms with Crippen molar-refractivity contribution < 1.29 is 14.4 Å². The first-order valence-corrected chi connectivity index (χ1v) is 10.1. The van der Waals surface area contributed by atoms with Crippen molar-refractivity contribution in [2.75, 3.05) is 31.1 Å². The maximum Gasteiger partial charge on any atom is 0.256 e. The van der Waals surface area contributed by atoms with Crippen molar-refractivity contribution in [1.82, 2.24) is 20.5 Å². The number of anilines is 1. The van der Waals surface area contributed by atoms with Crippen LogP contribution < -0.4 is 15.5 Å². The Hall–Kier alpha value is -2.48. The molecule has 5 rings (SSSR count). The summed E-state index contributed by atoms with van der Waals surface area (Å²) in [5.41, 5.74) is 2.73. The number of rotatable bonds is 2. The fourth-order valence-electron chi connectivity index (χ4n) is 5.05. The second-order valence-electron chi connectivity index (χ2n) is 8.50. The normalized spacial score (nSPS) is 26.7. The van der Waals surface area contributed by atoms with Crippen LogP contribution in [0.4, 0.5) is 5.69 Å². The van der Waals surface area contributed by atoms with Gasteiger partial charge in [-0.15, -0.1) is 0 Å². The SMILES string of the molecule is O=C1CCC(N2Cc3ncc(N4CCC5(CCNC5)CC4)cc3C2=O)C(=O)N1. The van der Waals surface area contributed by atoms with Gasteiger partial charge >= 0.3 is 0 Å². The molecule has 4 aliphatic rings. The number of amides is 3. The van der Waals surface area contributed by atoms with E-state index in [9.17, 15) is 14.4 Å². The number of nitrogens with one attached hydrogen (secondary N) is 2. The molecule has 2 N–H and O–H groups in total. The van der Waals surface area contributed by atoms with Gasteiger partial charge in [-0.1, -0.05) is 0 Å². The number of hydrogen-bond acceptors (Lipinski definition) is 6. The summed E-state index contributed by atoms with van der Waals surface area (Å²) in [7, 11) is 0. The Morgan fingerprint density at radius 1 is 1.14 bits per heavy atom. The second-order valence-corrected chi connectivity index (χ2v) is 8.50. The highest BCUT2D eigenvalue weighted by molar-refractivity contribution is 6.05. The Balaban J connectivity index is 1.31. The second kappa shape index (κ2) is 6.55. The van der Waals surface area contributed by atoms with Crippen molar-refractivity contribution in [2.24, 2.45) is 5.41 Å². The third kappa shape index (κ3) is 2.87. The molecule has 5 heterocycles. The van der Waals surface area contributed by atoms with Crippen molar-refractivity contribution >= 4 is 23.4 Å². The number of carbonyl (C=O) groups is 3. The smallest absolute Gasteiger partial charge is 0.256 e. The lowest BCUT2D eigenvalue weighted by molar-refractivity contribution is -0.136. The molecule has 8 nitrogen and oxygen atoms in total. The van der Waals surface area contributed by atoms with Crippen molar-refractivity contribution in [2.45, 2.75) is 44.7 Å². The van der Waals surface area contributed by atoms with Crippen LogP contribution in [0.3, 0.4) is 0 Å². The lowest BCUT2D eigenvalue weighted by Gasteiger charge is -2.40. The van der Waals surface area contributed by atoms with E-state index in [0.717, 1.165) is 44.7 Å². The first-order valence-electron chi connectivity index (χ1n) is 10.1. The number of aromatic nitrogens is 1. The number of carbonyl (C=O) groups excluding carboxylic acids is 3. The molecule has 0 aliphatic carbocycles. The molecule has 0 saturated carbocycles. The number of fused-ring (bicyclic) bond motifs is 1. The Bertz CT molecular complexity index is 838.